The zero-order valence-electron chi connectivity index (χ0n) is 11.3. The molecule has 1 fully saturated rings. The quantitative estimate of drug-likeness (QED) is 0.837. The molecule has 1 saturated heterocycles. The van der Waals surface area contributed by atoms with Gasteiger partial charge in [-0.1, -0.05) is 11.6 Å². The minimum Gasteiger partial charge on any atom is -0.338 e. The van der Waals surface area contributed by atoms with Crippen LogP contribution in [0.5, 0.6) is 0 Å². The predicted octanol–water partition coefficient (Wildman–Crippen LogP) is 0.282. The van der Waals surface area contributed by atoms with Crippen molar-refractivity contribution in [2.75, 3.05) is 19.3 Å². The van der Waals surface area contributed by atoms with Gasteiger partial charge in [0.25, 0.3) is 0 Å². The average molecular weight is 288 g/mol. The molecular formula is C11H20N4O3S. The lowest BCUT2D eigenvalue weighted by Crippen LogP contribution is -2.46. The highest BCUT2D eigenvalue weighted by Gasteiger charge is 2.24. The monoisotopic (exact) mass is 288 g/mol. The molecule has 0 saturated carbocycles. The highest BCUT2D eigenvalue weighted by molar-refractivity contribution is 7.88. The van der Waals surface area contributed by atoms with Gasteiger partial charge in [0.1, 0.15) is 0 Å². The Hall–Kier alpha value is -0.990. The van der Waals surface area contributed by atoms with Crippen molar-refractivity contribution in [1.29, 1.82) is 0 Å². The van der Waals surface area contributed by atoms with Crippen molar-refractivity contribution < 1.29 is 12.9 Å². The molecule has 1 aliphatic rings. The van der Waals surface area contributed by atoms with Crippen LogP contribution >= 0.6 is 0 Å². The van der Waals surface area contributed by atoms with E-state index in [4.69, 9.17) is 4.52 Å². The number of aryl methyl sites for hydroxylation is 1. The van der Waals surface area contributed by atoms with E-state index < -0.39 is 10.0 Å². The second-order valence-corrected chi connectivity index (χ2v) is 6.81. The van der Waals surface area contributed by atoms with Crippen LogP contribution in [0.1, 0.15) is 31.0 Å². The first-order chi connectivity index (χ1) is 8.94. The summed E-state index contributed by atoms with van der Waals surface area (Å²) in [6.45, 7) is 3.73. The van der Waals surface area contributed by atoms with Gasteiger partial charge in [-0.25, -0.2) is 13.1 Å². The molecule has 7 nitrogen and oxygen atoms in total. The Balaban J connectivity index is 1.95. The number of sulfonamides is 1. The standard InChI is InChI=1S/C11H20N4O3S/c1-9-13-11(18-14-9)8-15-6-4-3-5-10(15)7-12-19(2,16)17/h10,12H,3-8H2,1-2H3/t10-/m1/s1. The molecule has 0 spiro atoms. The Morgan fingerprint density at radius 3 is 2.89 bits per heavy atom. The van der Waals surface area contributed by atoms with Gasteiger partial charge in [0.2, 0.25) is 15.9 Å². The van der Waals surface area contributed by atoms with E-state index in [-0.39, 0.29) is 6.04 Å². The van der Waals surface area contributed by atoms with Crippen LogP contribution in [0.15, 0.2) is 4.52 Å². The Kier molecular flexibility index (Phi) is 4.54. The van der Waals surface area contributed by atoms with Crippen LogP contribution in [0.2, 0.25) is 0 Å². The molecule has 108 valence electrons. The molecule has 0 amide bonds. The molecule has 19 heavy (non-hydrogen) atoms. The van der Waals surface area contributed by atoms with Crippen molar-refractivity contribution in [2.24, 2.45) is 0 Å². The minimum atomic E-state index is -3.14. The van der Waals surface area contributed by atoms with E-state index in [1.165, 1.54) is 6.26 Å². The normalized spacial score (nSPS) is 21.7. The van der Waals surface area contributed by atoms with Gasteiger partial charge in [0.15, 0.2) is 5.82 Å². The van der Waals surface area contributed by atoms with Crippen LogP contribution < -0.4 is 4.72 Å². The van der Waals surface area contributed by atoms with Crippen LogP contribution in [0, 0.1) is 6.92 Å². The number of hydrogen-bond acceptors (Lipinski definition) is 6. The van der Waals surface area contributed by atoms with Gasteiger partial charge >= 0.3 is 0 Å². The molecule has 0 bridgehead atoms. The number of piperidine rings is 1. The second kappa shape index (κ2) is 5.98. The van der Waals surface area contributed by atoms with Gasteiger partial charge in [0.05, 0.1) is 12.8 Å². The molecular weight excluding hydrogens is 268 g/mol. The molecule has 0 aromatic carbocycles. The molecule has 0 unspecified atom stereocenters. The van der Waals surface area contributed by atoms with Gasteiger partial charge in [-0.15, -0.1) is 0 Å². The van der Waals surface area contributed by atoms with Gasteiger partial charge in [-0.3, -0.25) is 4.90 Å². The summed E-state index contributed by atoms with van der Waals surface area (Å²) in [5.41, 5.74) is 0. The maximum atomic E-state index is 11.2. The highest BCUT2D eigenvalue weighted by atomic mass is 32.2. The van der Waals surface area contributed by atoms with E-state index in [0.29, 0.717) is 24.8 Å². The third-order valence-electron chi connectivity index (χ3n) is 3.24. The zero-order valence-corrected chi connectivity index (χ0v) is 12.1. The first kappa shape index (κ1) is 14.4. The van der Waals surface area contributed by atoms with Crippen LogP contribution in [-0.2, 0) is 16.6 Å². The van der Waals surface area contributed by atoms with E-state index in [0.717, 1.165) is 25.8 Å². The molecule has 1 aromatic rings. The largest absolute Gasteiger partial charge is 0.338 e. The van der Waals surface area contributed by atoms with Gasteiger partial charge in [0, 0.05) is 12.6 Å². The summed E-state index contributed by atoms with van der Waals surface area (Å²) in [6.07, 6.45) is 4.40. The Bertz CT molecular complexity index is 514. The molecule has 2 heterocycles. The van der Waals surface area contributed by atoms with E-state index in [1.807, 2.05) is 0 Å². The lowest BCUT2D eigenvalue weighted by atomic mass is 10.0. The number of nitrogens with one attached hydrogen (secondary N) is 1. The topological polar surface area (TPSA) is 88.3 Å². The van der Waals surface area contributed by atoms with Crippen molar-refractivity contribution in [2.45, 2.75) is 38.8 Å². The summed E-state index contributed by atoms with van der Waals surface area (Å²) < 4.78 is 30.0. The summed E-state index contributed by atoms with van der Waals surface area (Å²) >= 11 is 0. The van der Waals surface area contributed by atoms with Crippen molar-refractivity contribution in [3.8, 4) is 0 Å². The average Bonchev–Trinajstić information content (AvgIpc) is 2.73. The Labute approximate surface area is 113 Å². The lowest BCUT2D eigenvalue weighted by Gasteiger charge is -2.34. The molecule has 8 heteroatoms. The molecule has 1 aliphatic heterocycles. The smallest absolute Gasteiger partial charge is 0.240 e. The van der Waals surface area contributed by atoms with E-state index in [9.17, 15) is 8.42 Å². The summed E-state index contributed by atoms with van der Waals surface area (Å²) in [6, 6.07) is 0.190. The van der Waals surface area contributed by atoms with Crippen molar-refractivity contribution in [1.82, 2.24) is 19.8 Å². The minimum absolute atomic E-state index is 0.190. The van der Waals surface area contributed by atoms with Crippen molar-refractivity contribution >= 4 is 10.0 Å². The van der Waals surface area contributed by atoms with E-state index in [2.05, 4.69) is 19.8 Å². The molecule has 1 aromatic heterocycles. The summed E-state index contributed by atoms with van der Waals surface area (Å²) in [7, 11) is -3.14. The van der Waals surface area contributed by atoms with E-state index in [1.54, 1.807) is 6.92 Å². The third-order valence-corrected chi connectivity index (χ3v) is 3.93. The predicted molar refractivity (Wildman–Crippen MR) is 69.9 cm³/mol. The molecule has 0 radical (unpaired) electrons. The third kappa shape index (κ3) is 4.55. The fraction of sp³-hybridized carbons (Fsp3) is 0.818. The van der Waals surface area contributed by atoms with Crippen molar-refractivity contribution in [3.05, 3.63) is 11.7 Å². The number of hydrogen-bond donors (Lipinski definition) is 1. The fourth-order valence-electron chi connectivity index (χ4n) is 2.32. The second-order valence-electron chi connectivity index (χ2n) is 4.98. The van der Waals surface area contributed by atoms with Crippen LogP contribution in [-0.4, -0.2) is 48.8 Å². The van der Waals surface area contributed by atoms with Gasteiger partial charge in [-0.2, -0.15) is 4.98 Å². The van der Waals surface area contributed by atoms with Crippen LogP contribution in [0.3, 0.4) is 0 Å². The number of nitrogens with zero attached hydrogens (tertiary/aromatic N) is 3. The maximum absolute atomic E-state index is 11.2. The fourth-order valence-corrected chi connectivity index (χ4v) is 2.82. The first-order valence-electron chi connectivity index (χ1n) is 6.42. The molecule has 0 aliphatic carbocycles. The Morgan fingerprint density at radius 1 is 1.47 bits per heavy atom. The number of rotatable bonds is 5. The zero-order chi connectivity index (χ0) is 13.9. The van der Waals surface area contributed by atoms with Crippen molar-refractivity contribution in [3.63, 3.8) is 0 Å². The van der Waals surface area contributed by atoms with Gasteiger partial charge < -0.3 is 4.52 Å². The van der Waals surface area contributed by atoms with Gasteiger partial charge in [-0.05, 0) is 26.3 Å². The lowest BCUT2D eigenvalue weighted by molar-refractivity contribution is 0.125. The summed E-state index contributed by atoms with van der Waals surface area (Å²) in [4.78, 5) is 6.39. The van der Waals surface area contributed by atoms with E-state index >= 15 is 0 Å². The molecule has 1 atom stereocenters. The maximum Gasteiger partial charge on any atom is 0.240 e. The Morgan fingerprint density at radius 2 is 2.26 bits per heavy atom. The first-order valence-corrected chi connectivity index (χ1v) is 8.31. The highest BCUT2D eigenvalue weighted by Crippen LogP contribution is 2.18. The molecule has 2 rings (SSSR count). The summed E-state index contributed by atoms with van der Waals surface area (Å²) in [5.74, 6) is 1.21. The van der Waals surface area contributed by atoms with Crippen LogP contribution in [0.4, 0.5) is 0 Å². The molecule has 1 N–H and O–H groups in total. The summed E-state index contributed by atoms with van der Waals surface area (Å²) in [5, 5.41) is 3.77. The SMILES string of the molecule is Cc1noc(CN2CCCC[C@@H]2CNS(C)(=O)=O)n1. The van der Waals surface area contributed by atoms with Crippen LogP contribution in [0.25, 0.3) is 0 Å². The number of aromatic nitrogens is 2. The number of likely N-dealkylation sites (tertiary alicyclic amines) is 1.